The number of rotatable bonds is 5. The van der Waals surface area contributed by atoms with E-state index in [1.54, 1.807) is 0 Å². The monoisotopic (exact) mass is 272 g/mol. The van der Waals surface area contributed by atoms with E-state index in [2.05, 4.69) is 61.2 Å². The van der Waals surface area contributed by atoms with Gasteiger partial charge in [-0.1, -0.05) is 35.5 Å². The molecule has 0 atom stereocenters. The summed E-state index contributed by atoms with van der Waals surface area (Å²) >= 11 is 0. The van der Waals surface area contributed by atoms with E-state index in [0.29, 0.717) is 12.6 Å². The van der Waals surface area contributed by atoms with Crippen molar-refractivity contribution in [1.82, 2.24) is 30.8 Å². The minimum atomic E-state index is 0.556. The van der Waals surface area contributed by atoms with Crippen LogP contribution in [0.15, 0.2) is 30.3 Å². The van der Waals surface area contributed by atoms with Gasteiger partial charge in [0.1, 0.15) is 0 Å². The summed E-state index contributed by atoms with van der Waals surface area (Å²) in [5, 5.41) is 17.4. The lowest BCUT2D eigenvalue weighted by atomic mass is 10.0. The predicted octanol–water partition coefficient (Wildman–Crippen LogP) is 0.954. The average Bonchev–Trinajstić information content (AvgIpc) is 3.01. The Hall–Kier alpha value is -1.79. The quantitative estimate of drug-likeness (QED) is 0.848. The van der Waals surface area contributed by atoms with E-state index in [1.807, 2.05) is 0 Å². The Bertz CT molecular complexity index is 490. The molecule has 1 aromatic heterocycles. The van der Waals surface area contributed by atoms with Crippen LogP contribution in [0.1, 0.15) is 24.2 Å². The zero-order chi connectivity index (χ0) is 13.6. The summed E-state index contributed by atoms with van der Waals surface area (Å²) in [6.07, 6.45) is 2.34. The minimum absolute atomic E-state index is 0.556. The Morgan fingerprint density at radius 3 is 2.70 bits per heavy atom. The second-order valence-corrected chi connectivity index (χ2v) is 5.24. The molecule has 106 valence electrons. The third-order valence-electron chi connectivity index (χ3n) is 3.77. The standard InChI is InChI=1S/C14H20N6/c1-2-4-12(5-3-1)11-20-8-6-13(7-9-20)15-10-14-16-18-19-17-14/h1-5,13,15H,6-11H2,(H,16,17,18,19). The topological polar surface area (TPSA) is 69.7 Å². The number of H-pyrrole nitrogens is 1. The van der Waals surface area contributed by atoms with Gasteiger partial charge in [0.15, 0.2) is 5.82 Å². The fourth-order valence-electron chi connectivity index (χ4n) is 2.63. The van der Waals surface area contributed by atoms with Crippen LogP contribution in [0.2, 0.25) is 0 Å². The maximum Gasteiger partial charge on any atom is 0.188 e. The van der Waals surface area contributed by atoms with Gasteiger partial charge in [-0.25, -0.2) is 0 Å². The summed E-state index contributed by atoms with van der Waals surface area (Å²) in [5.41, 5.74) is 1.39. The van der Waals surface area contributed by atoms with Crippen molar-refractivity contribution in [2.24, 2.45) is 0 Å². The summed E-state index contributed by atoms with van der Waals surface area (Å²) in [5.74, 6) is 0.733. The molecule has 1 saturated heterocycles. The van der Waals surface area contributed by atoms with Crippen LogP contribution in [0.25, 0.3) is 0 Å². The molecule has 6 heteroatoms. The molecule has 1 fully saturated rings. The summed E-state index contributed by atoms with van der Waals surface area (Å²) in [6.45, 7) is 4.02. The van der Waals surface area contributed by atoms with Crippen molar-refractivity contribution in [3.8, 4) is 0 Å². The average molecular weight is 272 g/mol. The van der Waals surface area contributed by atoms with Gasteiger partial charge in [0.05, 0.1) is 6.54 Å². The van der Waals surface area contributed by atoms with Crippen LogP contribution in [-0.4, -0.2) is 44.7 Å². The second-order valence-electron chi connectivity index (χ2n) is 5.24. The molecule has 1 aliphatic heterocycles. The van der Waals surface area contributed by atoms with E-state index in [0.717, 1.165) is 25.5 Å². The number of nitrogens with one attached hydrogen (secondary N) is 2. The third kappa shape index (κ3) is 3.61. The minimum Gasteiger partial charge on any atom is -0.307 e. The maximum atomic E-state index is 3.95. The molecule has 0 aliphatic carbocycles. The van der Waals surface area contributed by atoms with Crippen molar-refractivity contribution in [1.29, 1.82) is 0 Å². The van der Waals surface area contributed by atoms with Crippen molar-refractivity contribution < 1.29 is 0 Å². The van der Waals surface area contributed by atoms with Crippen LogP contribution in [0, 0.1) is 0 Å². The molecule has 0 unspecified atom stereocenters. The Labute approximate surface area is 118 Å². The van der Waals surface area contributed by atoms with Crippen LogP contribution in [0.3, 0.4) is 0 Å². The van der Waals surface area contributed by atoms with Crippen molar-refractivity contribution in [2.75, 3.05) is 13.1 Å². The van der Waals surface area contributed by atoms with Crippen molar-refractivity contribution in [3.63, 3.8) is 0 Å². The van der Waals surface area contributed by atoms with Gasteiger partial charge in [0.2, 0.25) is 0 Å². The third-order valence-corrected chi connectivity index (χ3v) is 3.77. The Morgan fingerprint density at radius 2 is 2.00 bits per heavy atom. The van der Waals surface area contributed by atoms with Crippen LogP contribution >= 0.6 is 0 Å². The summed E-state index contributed by atoms with van der Waals surface area (Å²) < 4.78 is 0. The number of tetrazole rings is 1. The lowest BCUT2D eigenvalue weighted by Crippen LogP contribution is -2.42. The van der Waals surface area contributed by atoms with Gasteiger partial charge in [0.25, 0.3) is 0 Å². The van der Waals surface area contributed by atoms with Gasteiger partial charge in [-0.2, -0.15) is 5.21 Å². The first-order valence-corrected chi connectivity index (χ1v) is 7.12. The Balaban J connectivity index is 1.40. The largest absolute Gasteiger partial charge is 0.307 e. The molecule has 0 radical (unpaired) electrons. The molecule has 1 aliphatic rings. The molecular weight excluding hydrogens is 252 g/mol. The fraction of sp³-hybridized carbons (Fsp3) is 0.500. The molecule has 1 aromatic carbocycles. The molecule has 0 spiro atoms. The summed E-state index contributed by atoms with van der Waals surface area (Å²) in [4.78, 5) is 2.52. The highest BCUT2D eigenvalue weighted by molar-refractivity contribution is 5.14. The van der Waals surface area contributed by atoms with Crippen molar-refractivity contribution in [2.45, 2.75) is 32.0 Å². The predicted molar refractivity (Wildman–Crippen MR) is 75.8 cm³/mol. The molecule has 20 heavy (non-hydrogen) atoms. The number of likely N-dealkylation sites (tertiary alicyclic amines) is 1. The zero-order valence-electron chi connectivity index (χ0n) is 11.5. The van der Waals surface area contributed by atoms with Gasteiger partial charge in [0, 0.05) is 12.6 Å². The van der Waals surface area contributed by atoms with Crippen LogP contribution in [0.5, 0.6) is 0 Å². The highest BCUT2D eigenvalue weighted by Crippen LogP contribution is 2.13. The Kier molecular flexibility index (Phi) is 4.35. The van der Waals surface area contributed by atoms with Crippen molar-refractivity contribution >= 4 is 0 Å². The zero-order valence-corrected chi connectivity index (χ0v) is 11.5. The molecule has 2 aromatic rings. The highest BCUT2D eigenvalue weighted by Gasteiger charge is 2.19. The summed E-state index contributed by atoms with van der Waals surface area (Å²) in [7, 11) is 0. The van der Waals surface area contributed by atoms with Gasteiger partial charge in [-0.15, -0.1) is 10.2 Å². The Morgan fingerprint density at radius 1 is 1.20 bits per heavy atom. The number of nitrogens with zero attached hydrogens (tertiary/aromatic N) is 4. The van der Waals surface area contributed by atoms with Gasteiger partial charge in [-0.3, -0.25) is 4.90 Å². The number of benzene rings is 1. The van der Waals surface area contributed by atoms with Gasteiger partial charge in [-0.05, 0) is 31.5 Å². The first-order valence-electron chi connectivity index (χ1n) is 7.12. The second kappa shape index (κ2) is 6.58. The molecule has 3 rings (SSSR count). The fourth-order valence-corrected chi connectivity index (χ4v) is 2.63. The van der Waals surface area contributed by atoms with Crippen LogP contribution < -0.4 is 5.32 Å². The first-order chi connectivity index (χ1) is 9.90. The molecule has 2 heterocycles. The molecule has 0 bridgehead atoms. The molecule has 6 nitrogen and oxygen atoms in total. The SMILES string of the molecule is c1ccc(CN2CCC(NCc3nn[nH]n3)CC2)cc1. The van der Waals surface area contributed by atoms with E-state index in [1.165, 1.54) is 18.4 Å². The number of piperidine rings is 1. The molecule has 0 saturated carbocycles. The number of aromatic nitrogens is 4. The molecule has 0 amide bonds. The number of hydrogen-bond acceptors (Lipinski definition) is 5. The highest BCUT2D eigenvalue weighted by atomic mass is 15.5. The van der Waals surface area contributed by atoms with E-state index < -0.39 is 0 Å². The summed E-state index contributed by atoms with van der Waals surface area (Å²) in [6, 6.07) is 11.2. The normalized spacial score (nSPS) is 17.4. The van der Waals surface area contributed by atoms with E-state index in [9.17, 15) is 0 Å². The van der Waals surface area contributed by atoms with E-state index in [4.69, 9.17) is 0 Å². The van der Waals surface area contributed by atoms with Crippen molar-refractivity contribution in [3.05, 3.63) is 41.7 Å². The van der Waals surface area contributed by atoms with Crippen LogP contribution in [-0.2, 0) is 13.1 Å². The number of aromatic amines is 1. The lowest BCUT2D eigenvalue weighted by Gasteiger charge is -2.32. The van der Waals surface area contributed by atoms with Gasteiger partial charge >= 0.3 is 0 Å². The molecular formula is C14H20N6. The van der Waals surface area contributed by atoms with E-state index in [-0.39, 0.29) is 0 Å². The first kappa shape index (κ1) is 13.2. The van der Waals surface area contributed by atoms with Gasteiger partial charge < -0.3 is 5.32 Å². The van der Waals surface area contributed by atoms with E-state index >= 15 is 0 Å². The lowest BCUT2D eigenvalue weighted by molar-refractivity contribution is 0.189. The molecule has 2 N–H and O–H groups in total. The maximum absolute atomic E-state index is 3.95. The van der Waals surface area contributed by atoms with Crippen LogP contribution in [0.4, 0.5) is 0 Å². The number of hydrogen-bond donors (Lipinski definition) is 2. The smallest absolute Gasteiger partial charge is 0.188 e.